The summed E-state index contributed by atoms with van der Waals surface area (Å²) in [7, 11) is 0. The van der Waals surface area contributed by atoms with Gasteiger partial charge in [-0.3, -0.25) is 0 Å². The molecule has 0 aliphatic carbocycles. The highest BCUT2D eigenvalue weighted by Crippen LogP contribution is 2.12. The van der Waals surface area contributed by atoms with Crippen LogP contribution in [0.5, 0.6) is 5.75 Å². The van der Waals surface area contributed by atoms with Crippen molar-refractivity contribution in [2.75, 3.05) is 6.61 Å². The Morgan fingerprint density at radius 2 is 1.86 bits per heavy atom. The maximum absolute atomic E-state index is 9.47. The zero-order valence-electron chi connectivity index (χ0n) is 12.0. The van der Waals surface area contributed by atoms with Gasteiger partial charge in [-0.25, -0.2) is 9.55 Å². The van der Waals surface area contributed by atoms with E-state index in [-0.39, 0.29) is 6.61 Å². The van der Waals surface area contributed by atoms with Gasteiger partial charge in [-0.1, -0.05) is 29.8 Å². The monoisotopic (exact) mass is 283 g/mol. The van der Waals surface area contributed by atoms with E-state index in [1.165, 1.54) is 5.56 Å². The van der Waals surface area contributed by atoms with Crippen LogP contribution in [0.2, 0.25) is 0 Å². The van der Waals surface area contributed by atoms with Crippen molar-refractivity contribution in [3.63, 3.8) is 0 Å². The van der Waals surface area contributed by atoms with E-state index in [1.807, 2.05) is 48.5 Å². The zero-order chi connectivity index (χ0) is 14.7. The van der Waals surface area contributed by atoms with Crippen molar-refractivity contribution in [2.24, 2.45) is 0 Å². The molecule has 0 spiro atoms. The van der Waals surface area contributed by atoms with E-state index in [9.17, 15) is 5.11 Å². The first-order chi connectivity index (χ1) is 10.3. The zero-order valence-corrected chi connectivity index (χ0v) is 12.0. The first-order valence-corrected chi connectivity index (χ1v) is 7.07. The highest BCUT2D eigenvalue weighted by molar-refractivity contribution is 5.70. The number of hydrogen-bond donors (Lipinski definition) is 2. The van der Waals surface area contributed by atoms with Crippen molar-refractivity contribution in [3.8, 4) is 5.75 Å². The molecule has 1 aromatic heterocycles. The summed E-state index contributed by atoms with van der Waals surface area (Å²) in [6.07, 6.45) is 0. The smallest absolute Gasteiger partial charge is 0.281 e. The van der Waals surface area contributed by atoms with Gasteiger partial charge in [0.25, 0.3) is 5.82 Å². The van der Waals surface area contributed by atoms with Gasteiger partial charge >= 0.3 is 0 Å². The van der Waals surface area contributed by atoms with E-state index in [2.05, 4.69) is 16.5 Å². The van der Waals surface area contributed by atoms with Crippen LogP contribution in [-0.4, -0.2) is 16.7 Å². The molecule has 0 amide bonds. The van der Waals surface area contributed by atoms with Gasteiger partial charge in [0.2, 0.25) is 0 Å². The number of nitrogens with one attached hydrogen (secondary N) is 1. The third-order valence-electron chi connectivity index (χ3n) is 3.55. The first-order valence-electron chi connectivity index (χ1n) is 7.07. The van der Waals surface area contributed by atoms with Crippen molar-refractivity contribution >= 4 is 11.0 Å². The van der Waals surface area contributed by atoms with Gasteiger partial charge in [-0.15, -0.1) is 0 Å². The molecule has 4 nitrogen and oxygen atoms in total. The number of rotatable bonds is 5. The van der Waals surface area contributed by atoms with Crippen LogP contribution in [-0.2, 0) is 13.2 Å². The molecule has 0 saturated heterocycles. The number of nitrogens with zero attached hydrogens (tertiary/aromatic N) is 1. The van der Waals surface area contributed by atoms with Crippen LogP contribution >= 0.6 is 0 Å². The summed E-state index contributed by atoms with van der Waals surface area (Å²) < 4.78 is 7.83. The van der Waals surface area contributed by atoms with Crippen molar-refractivity contribution in [1.82, 2.24) is 4.98 Å². The molecule has 2 aromatic carbocycles. The number of aromatic nitrogens is 2. The Morgan fingerprint density at radius 1 is 1.10 bits per heavy atom. The minimum Gasteiger partial charge on any atom is -0.489 e. The maximum Gasteiger partial charge on any atom is 0.281 e. The fourth-order valence-corrected chi connectivity index (χ4v) is 2.45. The van der Waals surface area contributed by atoms with Crippen molar-refractivity contribution in [2.45, 2.75) is 20.1 Å². The van der Waals surface area contributed by atoms with Crippen LogP contribution in [0.4, 0.5) is 0 Å². The molecular formula is C17H19N2O2+. The van der Waals surface area contributed by atoms with Crippen LogP contribution in [0, 0.1) is 6.92 Å². The van der Waals surface area contributed by atoms with Gasteiger partial charge in [0, 0.05) is 0 Å². The van der Waals surface area contributed by atoms with Gasteiger partial charge in [-0.2, -0.15) is 0 Å². The lowest BCUT2D eigenvalue weighted by Gasteiger charge is -2.06. The summed E-state index contributed by atoms with van der Waals surface area (Å²) in [5.74, 6) is 1.66. The Hall–Kier alpha value is -2.33. The molecule has 2 N–H and O–H groups in total. The summed E-state index contributed by atoms with van der Waals surface area (Å²) in [6, 6.07) is 16.0. The molecule has 0 saturated carbocycles. The van der Waals surface area contributed by atoms with Crippen molar-refractivity contribution in [3.05, 3.63) is 59.9 Å². The van der Waals surface area contributed by atoms with Gasteiger partial charge in [-0.05, 0) is 31.2 Å². The molecule has 0 atom stereocenters. The van der Waals surface area contributed by atoms with Gasteiger partial charge in [0.15, 0.2) is 11.0 Å². The Morgan fingerprint density at radius 3 is 2.62 bits per heavy atom. The normalized spacial score (nSPS) is 11.0. The molecule has 0 unspecified atom stereocenters. The molecule has 0 fully saturated rings. The maximum atomic E-state index is 9.47. The van der Waals surface area contributed by atoms with Crippen LogP contribution < -0.4 is 9.30 Å². The molecule has 0 bridgehead atoms. The minimum absolute atomic E-state index is 0.0147. The van der Waals surface area contributed by atoms with Crippen LogP contribution in [0.25, 0.3) is 11.0 Å². The Labute approximate surface area is 123 Å². The van der Waals surface area contributed by atoms with Crippen LogP contribution in [0.3, 0.4) is 0 Å². The molecule has 0 aliphatic rings. The lowest BCUT2D eigenvalue weighted by Crippen LogP contribution is -2.39. The van der Waals surface area contributed by atoms with Crippen molar-refractivity contribution in [1.29, 1.82) is 0 Å². The van der Waals surface area contributed by atoms with E-state index in [0.717, 1.165) is 22.6 Å². The van der Waals surface area contributed by atoms with Crippen LogP contribution in [0.15, 0.2) is 48.5 Å². The Bertz CT molecular complexity index is 732. The largest absolute Gasteiger partial charge is 0.489 e. The van der Waals surface area contributed by atoms with E-state index < -0.39 is 0 Å². The lowest BCUT2D eigenvalue weighted by atomic mass is 10.2. The van der Waals surface area contributed by atoms with Crippen molar-refractivity contribution < 1.29 is 14.4 Å². The SMILES string of the molecule is Cc1ccc(OCC[n+]2c(CO)[nH]c3ccccc32)cc1. The second kappa shape index (κ2) is 5.97. The minimum atomic E-state index is -0.0147. The number of ether oxygens (including phenoxy) is 1. The number of para-hydroxylation sites is 2. The molecule has 3 rings (SSSR count). The molecule has 0 radical (unpaired) electrons. The number of imidazole rings is 1. The quantitative estimate of drug-likeness (QED) is 0.706. The second-order valence-corrected chi connectivity index (χ2v) is 5.06. The number of aliphatic hydroxyl groups is 1. The summed E-state index contributed by atoms with van der Waals surface area (Å²) in [5.41, 5.74) is 3.32. The van der Waals surface area contributed by atoms with E-state index >= 15 is 0 Å². The van der Waals surface area contributed by atoms with Gasteiger partial charge < -0.3 is 9.84 Å². The number of hydrogen-bond acceptors (Lipinski definition) is 2. The Balaban J connectivity index is 1.74. The summed E-state index contributed by atoms with van der Waals surface area (Å²) in [6.45, 7) is 3.29. The molecule has 3 aromatic rings. The molecule has 108 valence electrons. The van der Waals surface area contributed by atoms with Gasteiger partial charge in [0.05, 0.1) is 0 Å². The third-order valence-corrected chi connectivity index (χ3v) is 3.55. The number of aryl methyl sites for hydroxylation is 1. The fourth-order valence-electron chi connectivity index (χ4n) is 2.45. The Kier molecular flexibility index (Phi) is 3.88. The molecule has 0 aliphatic heterocycles. The average Bonchev–Trinajstić information content (AvgIpc) is 2.87. The molecule has 1 heterocycles. The summed E-state index contributed by atoms with van der Waals surface area (Å²) in [5, 5.41) is 9.47. The first kappa shape index (κ1) is 13.6. The summed E-state index contributed by atoms with van der Waals surface area (Å²) in [4.78, 5) is 3.23. The van der Waals surface area contributed by atoms with Gasteiger partial charge in [0.1, 0.15) is 25.5 Å². The fraction of sp³-hybridized carbons (Fsp3) is 0.235. The van der Waals surface area contributed by atoms with E-state index in [0.29, 0.717) is 13.2 Å². The van der Waals surface area contributed by atoms with E-state index in [4.69, 9.17) is 4.74 Å². The number of benzene rings is 2. The predicted molar refractivity (Wildman–Crippen MR) is 81.1 cm³/mol. The second-order valence-electron chi connectivity index (χ2n) is 5.06. The number of aliphatic hydroxyl groups excluding tert-OH is 1. The topological polar surface area (TPSA) is 49.1 Å². The lowest BCUT2D eigenvalue weighted by molar-refractivity contribution is -0.681. The standard InChI is InChI=1S/C17H18N2O2/c1-13-6-8-14(9-7-13)21-11-10-19-16-5-3-2-4-15(16)18-17(19)12-20/h2-9,20H,10-12H2,1H3/p+1. The third kappa shape index (κ3) is 2.90. The highest BCUT2D eigenvalue weighted by Gasteiger charge is 2.16. The average molecular weight is 283 g/mol. The number of H-pyrrole nitrogens is 1. The highest BCUT2D eigenvalue weighted by atomic mass is 16.5. The predicted octanol–water partition coefficient (Wildman–Crippen LogP) is 2.34. The van der Waals surface area contributed by atoms with Crippen LogP contribution in [0.1, 0.15) is 11.4 Å². The number of fused-ring (bicyclic) bond motifs is 1. The molecule has 21 heavy (non-hydrogen) atoms. The molecular weight excluding hydrogens is 264 g/mol. The van der Waals surface area contributed by atoms with E-state index in [1.54, 1.807) is 0 Å². The molecule has 4 heteroatoms. The summed E-state index contributed by atoms with van der Waals surface area (Å²) >= 11 is 0. The number of aromatic amines is 1.